The summed E-state index contributed by atoms with van der Waals surface area (Å²) in [5.41, 5.74) is -0.367. The molecule has 0 spiro atoms. The summed E-state index contributed by atoms with van der Waals surface area (Å²) in [5.74, 6) is -0.289. The topological polar surface area (TPSA) is 66.4 Å². The molecule has 0 bridgehead atoms. The van der Waals surface area contributed by atoms with Crippen LogP contribution in [-0.4, -0.2) is 23.3 Å². The molecule has 0 saturated carbocycles. The monoisotopic (exact) mass is 317 g/mol. The Labute approximate surface area is 128 Å². The summed E-state index contributed by atoms with van der Waals surface area (Å²) >= 11 is 11.8. The van der Waals surface area contributed by atoms with Gasteiger partial charge in [0.2, 0.25) is 6.41 Å². The predicted molar refractivity (Wildman–Crippen MR) is 78.9 cm³/mol. The number of ketones is 1. The Morgan fingerprint density at radius 2 is 1.95 bits per heavy atom. The second-order valence-corrected chi connectivity index (χ2v) is 6.33. The second-order valence-electron chi connectivity index (χ2n) is 5.49. The Hall–Kier alpha value is -1.10. The van der Waals surface area contributed by atoms with Crippen molar-refractivity contribution in [2.45, 2.75) is 32.9 Å². The van der Waals surface area contributed by atoms with E-state index in [0.29, 0.717) is 17.0 Å². The summed E-state index contributed by atoms with van der Waals surface area (Å²) < 4.78 is 0. The van der Waals surface area contributed by atoms with E-state index in [9.17, 15) is 14.7 Å². The van der Waals surface area contributed by atoms with E-state index in [4.69, 9.17) is 23.2 Å². The van der Waals surface area contributed by atoms with Gasteiger partial charge in [-0.05, 0) is 12.1 Å². The average Bonchev–Trinajstić information content (AvgIpc) is 2.33. The number of halogens is 2. The quantitative estimate of drug-likeness (QED) is 0.821. The first-order chi connectivity index (χ1) is 9.18. The standard InChI is InChI=1S/C14H17Cl2NO3/c1-14(2,3)13(20)11(17-7-18)12(19)9-5-4-8(15)6-10(9)16/h4-7,11-12,19H,1-3H3,(H,17,18). The van der Waals surface area contributed by atoms with Gasteiger partial charge in [-0.2, -0.15) is 0 Å². The van der Waals surface area contributed by atoms with Crippen LogP contribution in [-0.2, 0) is 9.59 Å². The number of nitrogens with one attached hydrogen (secondary N) is 1. The van der Waals surface area contributed by atoms with Crippen molar-refractivity contribution < 1.29 is 14.7 Å². The number of aliphatic hydroxyl groups excluding tert-OH is 1. The molecular weight excluding hydrogens is 301 g/mol. The lowest BCUT2D eigenvalue weighted by molar-refractivity contribution is -0.133. The number of benzene rings is 1. The molecule has 0 aliphatic heterocycles. The first kappa shape index (κ1) is 17.0. The average molecular weight is 318 g/mol. The van der Waals surface area contributed by atoms with Crippen LogP contribution >= 0.6 is 23.2 Å². The van der Waals surface area contributed by atoms with E-state index in [-0.39, 0.29) is 10.8 Å². The predicted octanol–water partition coefficient (Wildman–Crippen LogP) is 2.76. The van der Waals surface area contributed by atoms with E-state index in [1.54, 1.807) is 26.8 Å². The van der Waals surface area contributed by atoms with Gasteiger partial charge in [-0.15, -0.1) is 0 Å². The molecule has 1 aromatic carbocycles. The molecule has 2 unspecified atom stereocenters. The molecule has 0 saturated heterocycles. The molecule has 2 atom stereocenters. The number of hydrogen-bond acceptors (Lipinski definition) is 3. The van der Waals surface area contributed by atoms with E-state index in [1.807, 2.05) is 0 Å². The maximum absolute atomic E-state index is 12.3. The number of carbonyl (C=O) groups excluding carboxylic acids is 2. The van der Waals surface area contributed by atoms with E-state index in [2.05, 4.69) is 5.32 Å². The van der Waals surface area contributed by atoms with Crippen LogP contribution in [0.2, 0.25) is 10.0 Å². The number of aliphatic hydroxyl groups is 1. The molecule has 0 radical (unpaired) electrons. The number of rotatable bonds is 5. The minimum Gasteiger partial charge on any atom is -0.386 e. The molecule has 0 aliphatic carbocycles. The van der Waals surface area contributed by atoms with E-state index >= 15 is 0 Å². The third-order valence-electron chi connectivity index (χ3n) is 2.87. The SMILES string of the molecule is CC(C)(C)C(=O)C(NC=O)C(O)c1ccc(Cl)cc1Cl. The Morgan fingerprint density at radius 3 is 2.40 bits per heavy atom. The fourth-order valence-corrected chi connectivity index (χ4v) is 2.29. The van der Waals surface area contributed by atoms with Gasteiger partial charge in [0.15, 0.2) is 5.78 Å². The largest absolute Gasteiger partial charge is 0.386 e. The zero-order chi connectivity index (χ0) is 15.5. The Balaban J connectivity index is 3.14. The molecular formula is C14H17Cl2NO3. The van der Waals surface area contributed by atoms with E-state index in [1.165, 1.54) is 12.1 Å². The van der Waals surface area contributed by atoms with Gasteiger partial charge >= 0.3 is 0 Å². The third-order valence-corrected chi connectivity index (χ3v) is 3.43. The van der Waals surface area contributed by atoms with Crippen LogP contribution in [0.25, 0.3) is 0 Å². The van der Waals surface area contributed by atoms with Crippen molar-refractivity contribution in [3.05, 3.63) is 33.8 Å². The molecule has 0 aliphatic rings. The summed E-state index contributed by atoms with van der Waals surface area (Å²) in [6.45, 7) is 5.14. The van der Waals surface area contributed by atoms with Crippen LogP contribution in [0, 0.1) is 5.41 Å². The van der Waals surface area contributed by atoms with Gasteiger partial charge in [-0.3, -0.25) is 9.59 Å². The van der Waals surface area contributed by atoms with Crippen LogP contribution in [0.4, 0.5) is 0 Å². The van der Waals surface area contributed by atoms with Crippen LogP contribution in [0.15, 0.2) is 18.2 Å². The second kappa shape index (κ2) is 6.57. The lowest BCUT2D eigenvalue weighted by atomic mass is 9.83. The van der Waals surface area contributed by atoms with Gasteiger partial charge in [0.05, 0.1) is 0 Å². The lowest BCUT2D eigenvalue weighted by Gasteiger charge is -2.28. The zero-order valence-electron chi connectivity index (χ0n) is 11.5. The summed E-state index contributed by atoms with van der Waals surface area (Å²) in [7, 11) is 0. The summed E-state index contributed by atoms with van der Waals surface area (Å²) in [6, 6.07) is 3.50. The molecule has 1 amide bonds. The van der Waals surface area contributed by atoms with Crippen molar-refractivity contribution in [1.82, 2.24) is 5.32 Å². The highest BCUT2D eigenvalue weighted by molar-refractivity contribution is 6.35. The van der Waals surface area contributed by atoms with Gasteiger partial charge in [0.25, 0.3) is 0 Å². The van der Waals surface area contributed by atoms with Crippen LogP contribution < -0.4 is 5.32 Å². The fourth-order valence-electron chi connectivity index (χ4n) is 1.77. The summed E-state index contributed by atoms with van der Waals surface area (Å²) in [6.07, 6.45) is -0.849. The first-order valence-corrected chi connectivity index (χ1v) is 6.81. The van der Waals surface area contributed by atoms with Gasteiger partial charge < -0.3 is 10.4 Å². The molecule has 2 N–H and O–H groups in total. The normalized spacial score (nSPS) is 14.5. The Bertz CT molecular complexity index is 512. The van der Waals surface area contributed by atoms with Crippen LogP contribution in [0.1, 0.15) is 32.4 Å². The van der Waals surface area contributed by atoms with Crippen molar-refractivity contribution in [2.75, 3.05) is 0 Å². The molecule has 1 rings (SSSR count). The van der Waals surface area contributed by atoms with Crippen molar-refractivity contribution in [3.8, 4) is 0 Å². The van der Waals surface area contributed by atoms with Gasteiger partial charge in [-0.25, -0.2) is 0 Å². The zero-order valence-corrected chi connectivity index (χ0v) is 13.0. The Morgan fingerprint density at radius 1 is 1.35 bits per heavy atom. The minimum atomic E-state index is -1.24. The minimum absolute atomic E-state index is 0.240. The molecule has 6 heteroatoms. The lowest BCUT2D eigenvalue weighted by Crippen LogP contribution is -2.46. The van der Waals surface area contributed by atoms with Crippen molar-refractivity contribution >= 4 is 35.4 Å². The van der Waals surface area contributed by atoms with Crippen molar-refractivity contribution in [2.24, 2.45) is 5.41 Å². The van der Waals surface area contributed by atoms with Crippen LogP contribution in [0.3, 0.4) is 0 Å². The van der Waals surface area contributed by atoms with Crippen molar-refractivity contribution in [1.29, 1.82) is 0 Å². The molecule has 0 heterocycles. The number of amides is 1. The van der Waals surface area contributed by atoms with Crippen molar-refractivity contribution in [3.63, 3.8) is 0 Å². The molecule has 0 fully saturated rings. The first-order valence-electron chi connectivity index (χ1n) is 6.05. The Kier molecular flexibility index (Phi) is 5.57. The van der Waals surface area contributed by atoms with Gasteiger partial charge in [-0.1, -0.05) is 50.0 Å². The molecule has 4 nitrogen and oxygen atoms in total. The third kappa shape index (κ3) is 3.95. The molecule has 0 aromatic heterocycles. The number of Topliss-reactive ketones (excluding diaryl/α,β-unsaturated/α-hetero) is 1. The number of carbonyl (C=O) groups is 2. The van der Waals surface area contributed by atoms with Crippen LogP contribution in [0.5, 0.6) is 0 Å². The van der Waals surface area contributed by atoms with Gasteiger partial charge in [0.1, 0.15) is 12.1 Å². The summed E-state index contributed by atoms with van der Waals surface area (Å²) in [4.78, 5) is 23.0. The number of hydrogen-bond donors (Lipinski definition) is 2. The summed E-state index contributed by atoms with van der Waals surface area (Å²) in [5, 5.41) is 13.4. The smallest absolute Gasteiger partial charge is 0.207 e. The van der Waals surface area contributed by atoms with E-state index in [0.717, 1.165) is 0 Å². The highest BCUT2D eigenvalue weighted by atomic mass is 35.5. The van der Waals surface area contributed by atoms with E-state index < -0.39 is 17.6 Å². The maximum Gasteiger partial charge on any atom is 0.207 e. The molecule has 20 heavy (non-hydrogen) atoms. The maximum atomic E-state index is 12.3. The molecule has 110 valence electrons. The van der Waals surface area contributed by atoms with Gasteiger partial charge in [0, 0.05) is 21.0 Å². The fraction of sp³-hybridized carbons (Fsp3) is 0.429. The highest BCUT2D eigenvalue weighted by Crippen LogP contribution is 2.30. The molecule has 1 aromatic rings. The highest BCUT2D eigenvalue weighted by Gasteiger charge is 2.35.